The number of benzene rings is 2. The third-order valence-corrected chi connectivity index (χ3v) is 6.49. The van der Waals surface area contributed by atoms with Gasteiger partial charge in [0.25, 0.3) is 0 Å². The Hall–Kier alpha value is -1.60. The van der Waals surface area contributed by atoms with E-state index in [4.69, 9.17) is 4.74 Å². The molecule has 0 amide bonds. The molecule has 1 nitrogen and oxygen atoms in total. The Morgan fingerprint density at radius 3 is 1.19 bits per heavy atom. The van der Waals surface area contributed by atoms with Gasteiger partial charge in [-0.2, -0.15) is 0 Å². The van der Waals surface area contributed by atoms with Gasteiger partial charge >= 0.3 is 0 Å². The summed E-state index contributed by atoms with van der Waals surface area (Å²) in [6, 6.07) is 21.2. The number of ether oxygens (including phenoxy) is 1. The van der Waals surface area contributed by atoms with Crippen LogP contribution in [-0.4, -0.2) is 6.61 Å². The van der Waals surface area contributed by atoms with E-state index in [-0.39, 0.29) is 6.10 Å². The lowest BCUT2D eigenvalue weighted by molar-refractivity contribution is 0.0768. The molecule has 2 rings (SSSR count). The van der Waals surface area contributed by atoms with Crippen LogP contribution in [-0.2, 0) is 4.74 Å². The van der Waals surface area contributed by atoms with Crippen molar-refractivity contribution in [2.45, 2.75) is 116 Å². The molecule has 0 N–H and O–H groups in total. The van der Waals surface area contributed by atoms with Gasteiger partial charge in [0.05, 0.1) is 0 Å². The summed E-state index contributed by atoms with van der Waals surface area (Å²) in [6.07, 6.45) is 22.5. The van der Waals surface area contributed by atoms with E-state index in [1.54, 1.807) is 0 Å². The first-order valence-corrected chi connectivity index (χ1v) is 13.6. The minimum atomic E-state index is 0.0498. The van der Waals surface area contributed by atoms with E-state index >= 15 is 0 Å². The molecule has 178 valence electrons. The smallest absolute Gasteiger partial charge is 0.108 e. The zero-order chi connectivity index (χ0) is 22.5. The summed E-state index contributed by atoms with van der Waals surface area (Å²) < 4.78 is 6.33. The van der Waals surface area contributed by atoms with Crippen molar-refractivity contribution < 1.29 is 4.74 Å². The Morgan fingerprint density at radius 1 is 0.469 bits per heavy atom. The fourth-order valence-electron chi connectivity index (χ4n) is 4.49. The lowest BCUT2D eigenvalue weighted by Gasteiger charge is -2.19. The van der Waals surface area contributed by atoms with Crippen molar-refractivity contribution >= 4 is 0 Å². The summed E-state index contributed by atoms with van der Waals surface area (Å²) in [7, 11) is 0. The van der Waals surface area contributed by atoms with Crippen molar-refractivity contribution in [3.8, 4) is 0 Å². The molecular weight excluding hydrogens is 388 g/mol. The van der Waals surface area contributed by atoms with Crippen molar-refractivity contribution in [3.05, 3.63) is 71.8 Å². The molecule has 0 heterocycles. The number of hydrogen-bond donors (Lipinski definition) is 0. The Morgan fingerprint density at radius 2 is 0.812 bits per heavy atom. The van der Waals surface area contributed by atoms with Gasteiger partial charge in [-0.05, 0) is 17.5 Å². The lowest BCUT2D eigenvalue weighted by Crippen LogP contribution is -2.07. The molecule has 0 aliphatic carbocycles. The highest BCUT2D eigenvalue weighted by Crippen LogP contribution is 2.26. The van der Waals surface area contributed by atoms with E-state index in [0.29, 0.717) is 0 Å². The Labute approximate surface area is 199 Å². The maximum atomic E-state index is 6.33. The van der Waals surface area contributed by atoms with Crippen LogP contribution in [0.3, 0.4) is 0 Å². The zero-order valence-electron chi connectivity index (χ0n) is 20.8. The van der Waals surface area contributed by atoms with E-state index in [0.717, 1.165) is 13.0 Å². The monoisotopic (exact) mass is 436 g/mol. The predicted molar refractivity (Wildman–Crippen MR) is 140 cm³/mol. The topological polar surface area (TPSA) is 9.23 Å². The van der Waals surface area contributed by atoms with Crippen LogP contribution in [0.5, 0.6) is 0 Å². The number of hydrogen-bond acceptors (Lipinski definition) is 1. The first-order valence-electron chi connectivity index (χ1n) is 13.6. The fraction of sp³-hybridized carbons (Fsp3) is 0.613. The zero-order valence-corrected chi connectivity index (χ0v) is 20.8. The Bertz CT molecular complexity index is 597. The molecule has 0 saturated carbocycles. The van der Waals surface area contributed by atoms with Gasteiger partial charge in [0.15, 0.2) is 0 Å². The molecular formula is C31H48O. The fourth-order valence-corrected chi connectivity index (χ4v) is 4.49. The van der Waals surface area contributed by atoms with Crippen LogP contribution in [0.4, 0.5) is 0 Å². The Balaban J connectivity index is 1.44. The van der Waals surface area contributed by atoms with Crippen LogP contribution in [0.2, 0.25) is 0 Å². The summed E-state index contributed by atoms with van der Waals surface area (Å²) in [5.41, 5.74) is 2.49. The summed E-state index contributed by atoms with van der Waals surface area (Å²) in [4.78, 5) is 0. The van der Waals surface area contributed by atoms with E-state index < -0.39 is 0 Å². The minimum Gasteiger partial charge on any atom is -0.369 e. The molecule has 0 atom stereocenters. The maximum absolute atomic E-state index is 6.33. The molecule has 32 heavy (non-hydrogen) atoms. The molecule has 0 bridgehead atoms. The quantitative estimate of drug-likeness (QED) is 0.188. The standard InChI is InChI=1S/C31H48O/c1-2-3-4-5-6-7-8-9-10-11-12-13-14-15-16-23-28-32-31(29-24-19-17-20-25-29)30-26-21-18-22-27-30/h17-22,24-27,31H,2-16,23,28H2,1H3. The van der Waals surface area contributed by atoms with Crippen LogP contribution in [0.25, 0.3) is 0 Å². The number of unbranched alkanes of at least 4 members (excludes halogenated alkanes) is 15. The van der Waals surface area contributed by atoms with Crippen molar-refractivity contribution in [2.24, 2.45) is 0 Å². The molecule has 0 radical (unpaired) electrons. The maximum Gasteiger partial charge on any atom is 0.108 e. The largest absolute Gasteiger partial charge is 0.369 e. The van der Waals surface area contributed by atoms with E-state index in [2.05, 4.69) is 67.6 Å². The molecule has 1 heteroatoms. The third kappa shape index (κ3) is 12.4. The summed E-state index contributed by atoms with van der Waals surface area (Å²) >= 11 is 0. The molecule has 0 unspecified atom stereocenters. The molecule has 0 aromatic heterocycles. The van der Waals surface area contributed by atoms with Gasteiger partial charge in [0.1, 0.15) is 6.10 Å². The first-order chi connectivity index (χ1) is 15.9. The molecule has 0 fully saturated rings. The SMILES string of the molecule is CCCCCCCCCCCCCCCCCCOC(c1ccccc1)c1ccccc1. The molecule has 2 aromatic rings. The molecule has 2 aromatic carbocycles. The van der Waals surface area contributed by atoms with Crippen molar-refractivity contribution in [1.82, 2.24) is 0 Å². The predicted octanol–water partition coefficient (Wildman–Crippen LogP) is 10.1. The van der Waals surface area contributed by atoms with Crippen molar-refractivity contribution in [2.75, 3.05) is 6.61 Å². The van der Waals surface area contributed by atoms with Crippen LogP contribution < -0.4 is 0 Å². The molecule has 0 aliphatic rings. The van der Waals surface area contributed by atoms with Crippen molar-refractivity contribution in [3.63, 3.8) is 0 Å². The normalized spacial score (nSPS) is 11.3. The molecule has 0 aliphatic heterocycles. The second-order valence-electron chi connectivity index (χ2n) is 9.38. The van der Waals surface area contributed by atoms with E-state index in [9.17, 15) is 0 Å². The molecule has 0 spiro atoms. The average Bonchev–Trinajstić information content (AvgIpc) is 2.84. The number of rotatable bonds is 20. The van der Waals surface area contributed by atoms with Gasteiger partial charge in [-0.3, -0.25) is 0 Å². The van der Waals surface area contributed by atoms with Gasteiger partial charge in [-0.25, -0.2) is 0 Å². The van der Waals surface area contributed by atoms with Gasteiger partial charge in [0, 0.05) is 6.61 Å². The minimum absolute atomic E-state index is 0.0498. The van der Waals surface area contributed by atoms with Crippen LogP contribution >= 0.6 is 0 Å². The van der Waals surface area contributed by atoms with Crippen LogP contribution in [0, 0.1) is 0 Å². The summed E-state index contributed by atoms with van der Waals surface area (Å²) in [5, 5.41) is 0. The van der Waals surface area contributed by atoms with Crippen LogP contribution in [0.1, 0.15) is 127 Å². The second-order valence-corrected chi connectivity index (χ2v) is 9.38. The summed E-state index contributed by atoms with van der Waals surface area (Å²) in [6.45, 7) is 3.13. The highest BCUT2D eigenvalue weighted by Gasteiger charge is 2.13. The highest BCUT2D eigenvalue weighted by molar-refractivity contribution is 5.29. The molecule has 0 saturated heterocycles. The van der Waals surface area contributed by atoms with Gasteiger partial charge in [0.2, 0.25) is 0 Å². The average molecular weight is 437 g/mol. The van der Waals surface area contributed by atoms with Gasteiger partial charge in [-0.1, -0.05) is 164 Å². The lowest BCUT2D eigenvalue weighted by atomic mass is 10.0. The van der Waals surface area contributed by atoms with Crippen molar-refractivity contribution in [1.29, 1.82) is 0 Å². The second kappa shape index (κ2) is 18.9. The third-order valence-electron chi connectivity index (χ3n) is 6.49. The van der Waals surface area contributed by atoms with E-state index in [1.807, 2.05) is 0 Å². The Kier molecular flexibility index (Phi) is 15.8. The first kappa shape index (κ1) is 26.7. The summed E-state index contributed by atoms with van der Waals surface area (Å²) in [5.74, 6) is 0. The van der Waals surface area contributed by atoms with Crippen LogP contribution in [0.15, 0.2) is 60.7 Å². The highest BCUT2D eigenvalue weighted by atomic mass is 16.5. The van der Waals surface area contributed by atoms with Gasteiger partial charge < -0.3 is 4.74 Å². The van der Waals surface area contributed by atoms with Gasteiger partial charge in [-0.15, -0.1) is 0 Å². The van der Waals surface area contributed by atoms with E-state index in [1.165, 1.54) is 107 Å².